The van der Waals surface area contributed by atoms with Crippen LogP contribution in [-0.4, -0.2) is 44.1 Å². The Hall–Kier alpha value is -3.27. The van der Waals surface area contributed by atoms with E-state index in [4.69, 9.17) is 4.74 Å². The third kappa shape index (κ3) is 4.22. The molecule has 3 aromatic rings. The van der Waals surface area contributed by atoms with E-state index in [1.165, 1.54) is 27.8 Å². The molecular weight excluding hydrogens is 408 g/mol. The van der Waals surface area contributed by atoms with Crippen molar-refractivity contribution in [3.63, 3.8) is 0 Å². The van der Waals surface area contributed by atoms with E-state index in [0.717, 1.165) is 49.5 Å². The second-order valence-electron chi connectivity index (χ2n) is 9.39. The van der Waals surface area contributed by atoms with Crippen LogP contribution in [0, 0.1) is 13.8 Å². The maximum Gasteiger partial charge on any atom is 0.253 e. The Balaban J connectivity index is 1.24. The lowest BCUT2D eigenvalue weighted by Crippen LogP contribution is -2.38. The van der Waals surface area contributed by atoms with Crippen LogP contribution in [0.15, 0.2) is 60.7 Å². The Labute approximate surface area is 196 Å². The zero-order valence-corrected chi connectivity index (χ0v) is 19.8. The molecule has 1 fully saturated rings. The number of benzene rings is 3. The van der Waals surface area contributed by atoms with Crippen molar-refractivity contribution >= 4 is 11.6 Å². The lowest BCUT2D eigenvalue weighted by molar-refractivity contribution is 0.0712. The maximum atomic E-state index is 13.1. The Morgan fingerprint density at radius 2 is 1.70 bits per heavy atom. The number of carbonyl (C=O) groups is 1. The molecule has 0 spiro atoms. The normalized spacial score (nSPS) is 16.3. The lowest BCUT2D eigenvalue weighted by Gasteiger charge is -2.33. The zero-order valence-electron chi connectivity index (χ0n) is 19.8. The van der Waals surface area contributed by atoms with Crippen LogP contribution in [0.3, 0.4) is 0 Å². The quantitative estimate of drug-likeness (QED) is 0.515. The average molecular weight is 441 g/mol. The summed E-state index contributed by atoms with van der Waals surface area (Å²) in [6.07, 6.45) is 2.00. The molecule has 0 aromatic heterocycles. The van der Waals surface area contributed by atoms with Crippen LogP contribution >= 0.6 is 0 Å². The molecule has 0 atom stereocenters. The molecule has 170 valence electrons. The highest BCUT2D eigenvalue weighted by molar-refractivity contribution is 5.95. The first-order chi connectivity index (χ1) is 16.0. The van der Waals surface area contributed by atoms with Crippen molar-refractivity contribution in [1.82, 2.24) is 4.90 Å². The van der Waals surface area contributed by atoms with Gasteiger partial charge in [-0.1, -0.05) is 42.5 Å². The molecular formula is C29H32N2O2. The molecule has 4 heteroatoms. The Morgan fingerprint density at radius 3 is 2.45 bits per heavy atom. The summed E-state index contributed by atoms with van der Waals surface area (Å²) < 4.78 is 5.79. The third-order valence-electron chi connectivity index (χ3n) is 7.38. The fraction of sp³-hybridized carbons (Fsp3) is 0.345. The highest BCUT2D eigenvalue weighted by Gasteiger charge is 2.26. The Kier molecular flexibility index (Phi) is 5.84. The highest BCUT2D eigenvalue weighted by atomic mass is 16.5. The molecule has 0 aliphatic carbocycles. The van der Waals surface area contributed by atoms with Crippen molar-refractivity contribution in [2.45, 2.75) is 32.6 Å². The number of amides is 1. The molecule has 5 rings (SSSR count). The van der Waals surface area contributed by atoms with Gasteiger partial charge in [-0.25, -0.2) is 0 Å². The number of aryl methyl sites for hydroxylation is 1. The summed E-state index contributed by atoms with van der Waals surface area (Å²) >= 11 is 0. The molecule has 1 saturated heterocycles. The summed E-state index contributed by atoms with van der Waals surface area (Å²) in [5.74, 6) is 1.42. The van der Waals surface area contributed by atoms with Crippen molar-refractivity contribution in [1.29, 1.82) is 0 Å². The van der Waals surface area contributed by atoms with E-state index in [-0.39, 0.29) is 5.91 Å². The fourth-order valence-electron chi connectivity index (χ4n) is 5.09. The number of fused-ring (bicyclic) bond motifs is 1. The summed E-state index contributed by atoms with van der Waals surface area (Å²) in [6, 6.07) is 21.4. The average Bonchev–Trinajstić information content (AvgIpc) is 2.85. The topological polar surface area (TPSA) is 32.8 Å². The van der Waals surface area contributed by atoms with Gasteiger partial charge in [0, 0.05) is 25.7 Å². The first-order valence-electron chi connectivity index (χ1n) is 11.9. The van der Waals surface area contributed by atoms with Crippen molar-refractivity contribution in [2.75, 3.05) is 38.2 Å². The van der Waals surface area contributed by atoms with E-state index in [9.17, 15) is 4.79 Å². The molecule has 0 unspecified atom stereocenters. The van der Waals surface area contributed by atoms with Crippen LogP contribution in [0.1, 0.15) is 45.8 Å². The van der Waals surface area contributed by atoms with Crippen LogP contribution in [0.5, 0.6) is 5.75 Å². The van der Waals surface area contributed by atoms with Crippen molar-refractivity contribution < 1.29 is 9.53 Å². The number of ether oxygens (including phenoxy) is 1. The molecule has 3 aromatic carbocycles. The molecule has 33 heavy (non-hydrogen) atoms. The summed E-state index contributed by atoms with van der Waals surface area (Å²) in [4.78, 5) is 17.3. The van der Waals surface area contributed by atoms with Gasteiger partial charge >= 0.3 is 0 Å². The molecule has 0 radical (unpaired) electrons. The summed E-state index contributed by atoms with van der Waals surface area (Å²) in [6.45, 7) is 7.48. The van der Waals surface area contributed by atoms with E-state index < -0.39 is 0 Å². The van der Waals surface area contributed by atoms with E-state index in [2.05, 4.69) is 68.3 Å². The van der Waals surface area contributed by atoms with Gasteiger partial charge in [-0.15, -0.1) is 0 Å². The number of carbonyl (C=O) groups excluding carboxylic acids is 1. The number of likely N-dealkylation sites (N-methyl/N-ethyl adjacent to an activating group) is 1. The van der Waals surface area contributed by atoms with Gasteiger partial charge in [0.25, 0.3) is 5.91 Å². The minimum atomic E-state index is 0.110. The van der Waals surface area contributed by atoms with Gasteiger partial charge in [-0.3, -0.25) is 4.79 Å². The van der Waals surface area contributed by atoms with Gasteiger partial charge in [0.15, 0.2) is 0 Å². The summed E-state index contributed by atoms with van der Waals surface area (Å²) in [7, 11) is 2.06. The van der Waals surface area contributed by atoms with Gasteiger partial charge in [-0.2, -0.15) is 0 Å². The monoisotopic (exact) mass is 440 g/mol. The lowest BCUT2D eigenvalue weighted by atomic mass is 9.87. The van der Waals surface area contributed by atoms with Crippen LogP contribution in [-0.2, 0) is 0 Å². The number of rotatable bonds is 3. The summed E-state index contributed by atoms with van der Waals surface area (Å²) in [5, 5.41) is 0. The van der Waals surface area contributed by atoms with Crippen LogP contribution in [0.2, 0.25) is 0 Å². The number of hydrogen-bond acceptors (Lipinski definition) is 3. The van der Waals surface area contributed by atoms with Crippen LogP contribution in [0.4, 0.5) is 5.69 Å². The third-order valence-corrected chi connectivity index (χ3v) is 7.38. The fourth-order valence-corrected chi connectivity index (χ4v) is 5.09. The van der Waals surface area contributed by atoms with E-state index in [1.54, 1.807) is 0 Å². The van der Waals surface area contributed by atoms with Gasteiger partial charge < -0.3 is 14.5 Å². The molecule has 1 amide bonds. The predicted octanol–water partition coefficient (Wildman–Crippen LogP) is 5.82. The van der Waals surface area contributed by atoms with Gasteiger partial charge in [-0.05, 0) is 78.6 Å². The van der Waals surface area contributed by atoms with Gasteiger partial charge in [0.1, 0.15) is 12.4 Å². The first-order valence-corrected chi connectivity index (χ1v) is 11.9. The van der Waals surface area contributed by atoms with Crippen LogP contribution in [0.25, 0.3) is 11.1 Å². The van der Waals surface area contributed by atoms with Crippen molar-refractivity contribution in [3.8, 4) is 16.9 Å². The molecule has 4 nitrogen and oxygen atoms in total. The molecule has 0 bridgehead atoms. The minimum Gasteiger partial charge on any atom is -0.490 e. The first kappa shape index (κ1) is 21.6. The second-order valence-corrected chi connectivity index (χ2v) is 9.39. The SMILES string of the molecule is Cc1cccc(-c2ccc(C3CCN(C(=O)c4ccc5c(c4)OCCN5C)CC3)cc2)c1C. The Morgan fingerprint density at radius 1 is 0.939 bits per heavy atom. The van der Waals surface area contributed by atoms with Gasteiger partial charge in [0.2, 0.25) is 0 Å². The standard InChI is InChI=1S/C29H32N2O2/c1-20-5-4-6-26(21(20)2)24-9-7-22(8-10-24)23-13-15-31(16-14-23)29(32)25-11-12-27-28(19-25)33-18-17-30(27)3/h4-12,19,23H,13-18H2,1-3H3. The minimum absolute atomic E-state index is 0.110. The zero-order chi connectivity index (χ0) is 22.9. The molecule has 2 aliphatic rings. The largest absolute Gasteiger partial charge is 0.490 e. The molecule has 0 N–H and O–H groups in total. The number of hydrogen-bond donors (Lipinski definition) is 0. The van der Waals surface area contributed by atoms with E-state index in [0.29, 0.717) is 12.5 Å². The molecule has 2 aliphatic heterocycles. The number of anilines is 1. The van der Waals surface area contributed by atoms with Crippen molar-refractivity contribution in [2.24, 2.45) is 0 Å². The van der Waals surface area contributed by atoms with Gasteiger partial charge in [0.05, 0.1) is 12.2 Å². The number of likely N-dealkylation sites (tertiary alicyclic amines) is 1. The maximum absolute atomic E-state index is 13.1. The Bertz CT molecular complexity index is 1160. The number of piperidine rings is 1. The number of nitrogens with zero attached hydrogens (tertiary/aromatic N) is 2. The predicted molar refractivity (Wildman–Crippen MR) is 134 cm³/mol. The smallest absolute Gasteiger partial charge is 0.253 e. The summed E-state index contributed by atoms with van der Waals surface area (Å²) in [5.41, 5.74) is 8.40. The second kappa shape index (κ2) is 8.93. The van der Waals surface area contributed by atoms with Crippen LogP contribution < -0.4 is 9.64 Å². The van der Waals surface area contributed by atoms with E-state index >= 15 is 0 Å². The molecule has 2 heterocycles. The van der Waals surface area contributed by atoms with E-state index in [1.807, 2.05) is 23.1 Å². The highest BCUT2D eigenvalue weighted by Crippen LogP contribution is 2.34. The molecule has 0 saturated carbocycles. The van der Waals surface area contributed by atoms with Crippen molar-refractivity contribution in [3.05, 3.63) is 82.9 Å².